The van der Waals surface area contributed by atoms with E-state index in [4.69, 9.17) is 16.3 Å². The van der Waals surface area contributed by atoms with E-state index in [1.165, 1.54) is 12.8 Å². The molecule has 2 atom stereocenters. The van der Waals surface area contributed by atoms with E-state index < -0.39 is 0 Å². The predicted molar refractivity (Wildman–Crippen MR) is 65.8 cm³/mol. The monoisotopic (exact) mass is 239 g/mol. The SMILES string of the molecule is ClC(CCC1CCCO1)Cc1ccccn1. The molecule has 0 amide bonds. The minimum absolute atomic E-state index is 0.180. The molecule has 2 unspecified atom stereocenters. The molecule has 1 aromatic heterocycles. The Kier molecular flexibility index (Phi) is 4.61. The van der Waals surface area contributed by atoms with Crippen molar-refractivity contribution in [2.24, 2.45) is 0 Å². The maximum atomic E-state index is 6.30. The zero-order valence-corrected chi connectivity index (χ0v) is 10.2. The number of alkyl halides is 1. The molecule has 0 aliphatic carbocycles. The molecule has 1 aliphatic heterocycles. The van der Waals surface area contributed by atoms with Gasteiger partial charge in [0.15, 0.2) is 0 Å². The lowest BCUT2D eigenvalue weighted by atomic mass is 10.1. The zero-order chi connectivity index (χ0) is 11.2. The number of nitrogens with zero attached hydrogens (tertiary/aromatic N) is 1. The molecule has 0 aromatic carbocycles. The summed E-state index contributed by atoms with van der Waals surface area (Å²) in [6.45, 7) is 0.928. The van der Waals surface area contributed by atoms with E-state index in [9.17, 15) is 0 Å². The molecule has 2 heterocycles. The Bertz CT molecular complexity index is 298. The van der Waals surface area contributed by atoms with Crippen LogP contribution in [0.3, 0.4) is 0 Å². The summed E-state index contributed by atoms with van der Waals surface area (Å²) in [5.74, 6) is 0. The van der Waals surface area contributed by atoms with Crippen molar-refractivity contribution in [1.29, 1.82) is 0 Å². The van der Waals surface area contributed by atoms with Crippen LogP contribution in [0, 0.1) is 0 Å². The molecule has 1 saturated heterocycles. The summed E-state index contributed by atoms with van der Waals surface area (Å²) in [7, 11) is 0. The standard InChI is InChI=1S/C13H18ClNO/c14-11(6-7-13-5-3-9-16-13)10-12-4-1-2-8-15-12/h1-2,4,8,11,13H,3,5-7,9-10H2. The van der Waals surface area contributed by atoms with Gasteiger partial charge in [0.1, 0.15) is 0 Å². The molecule has 0 N–H and O–H groups in total. The zero-order valence-electron chi connectivity index (χ0n) is 9.44. The van der Waals surface area contributed by atoms with Gasteiger partial charge in [-0.05, 0) is 37.8 Å². The maximum Gasteiger partial charge on any atom is 0.0576 e. The molecule has 0 saturated carbocycles. The van der Waals surface area contributed by atoms with Crippen molar-refractivity contribution in [3.63, 3.8) is 0 Å². The third-order valence-electron chi connectivity index (χ3n) is 2.98. The molecule has 0 bridgehead atoms. The molecule has 1 aromatic rings. The molecule has 88 valence electrons. The van der Waals surface area contributed by atoms with E-state index in [0.29, 0.717) is 6.10 Å². The Morgan fingerprint density at radius 1 is 1.50 bits per heavy atom. The predicted octanol–water partition coefficient (Wildman–Crippen LogP) is 3.19. The third kappa shape index (κ3) is 3.76. The highest BCUT2D eigenvalue weighted by atomic mass is 35.5. The van der Waals surface area contributed by atoms with Crippen molar-refractivity contribution in [2.45, 2.75) is 43.6 Å². The summed E-state index contributed by atoms with van der Waals surface area (Å²) >= 11 is 6.30. The first-order valence-electron chi connectivity index (χ1n) is 6.00. The van der Waals surface area contributed by atoms with E-state index in [-0.39, 0.29) is 5.38 Å². The van der Waals surface area contributed by atoms with Crippen LogP contribution >= 0.6 is 11.6 Å². The summed E-state index contributed by atoms with van der Waals surface area (Å²) in [6.07, 6.45) is 7.63. The molecule has 2 rings (SSSR count). The van der Waals surface area contributed by atoms with Crippen molar-refractivity contribution in [1.82, 2.24) is 4.98 Å². The minimum atomic E-state index is 0.180. The average Bonchev–Trinajstić information content (AvgIpc) is 2.81. The lowest BCUT2D eigenvalue weighted by Crippen LogP contribution is -2.11. The van der Waals surface area contributed by atoms with Crippen LogP contribution in [0.25, 0.3) is 0 Å². The molecule has 2 nitrogen and oxygen atoms in total. The van der Waals surface area contributed by atoms with Crippen molar-refractivity contribution in [3.8, 4) is 0 Å². The number of aromatic nitrogens is 1. The molecule has 1 aliphatic rings. The van der Waals surface area contributed by atoms with Gasteiger partial charge in [-0.15, -0.1) is 11.6 Å². The molecule has 0 radical (unpaired) electrons. The van der Waals surface area contributed by atoms with Crippen LogP contribution < -0.4 is 0 Å². The van der Waals surface area contributed by atoms with E-state index >= 15 is 0 Å². The van der Waals surface area contributed by atoms with Crippen LogP contribution in [0.2, 0.25) is 0 Å². The van der Waals surface area contributed by atoms with Crippen molar-refractivity contribution < 1.29 is 4.74 Å². The van der Waals surface area contributed by atoms with Crippen LogP contribution in [0.5, 0.6) is 0 Å². The maximum absolute atomic E-state index is 6.30. The molecular formula is C13H18ClNO. The van der Waals surface area contributed by atoms with Crippen molar-refractivity contribution in [3.05, 3.63) is 30.1 Å². The first-order chi connectivity index (χ1) is 7.84. The van der Waals surface area contributed by atoms with Crippen molar-refractivity contribution in [2.75, 3.05) is 6.61 Å². The number of hydrogen-bond donors (Lipinski definition) is 0. The van der Waals surface area contributed by atoms with E-state index in [0.717, 1.165) is 31.6 Å². The number of halogens is 1. The molecule has 1 fully saturated rings. The lowest BCUT2D eigenvalue weighted by molar-refractivity contribution is 0.102. The highest BCUT2D eigenvalue weighted by Crippen LogP contribution is 2.20. The number of hydrogen-bond acceptors (Lipinski definition) is 2. The molecular weight excluding hydrogens is 222 g/mol. The van der Waals surface area contributed by atoms with Gasteiger partial charge in [0, 0.05) is 30.3 Å². The van der Waals surface area contributed by atoms with Gasteiger partial charge in [-0.3, -0.25) is 4.98 Å². The molecule has 16 heavy (non-hydrogen) atoms. The van der Waals surface area contributed by atoms with Crippen LogP contribution in [0.1, 0.15) is 31.4 Å². The second-order valence-electron chi connectivity index (χ2n) is 4.33. The van der Waals surface area contributed by atoms with Crippen LogP contribution in [0.15, 0.2) is 24.4 Å². The summed E-state index contributed by atoms with van der Waals surface area (Å²) in [5.41, 5.74) is 1.08. The second kappa shape index (κ2) is 6.21. The van der Waals surface area contributed by atoms with Crippen LogP contribution in [-0.4, -0.2) is 23.1 Å². The summed E-state index contributed by atoms with van der Waals surface area (Å²) in [4.78, 5) is 4.28. The quantitative estimate of drug-likeness (QED) is 0.737. The van der Waals surface area contributed by atoms with Gasteiger partial charge in [0.05, 0.1) is 6.10 Å². The highest BCUT2D eigenvalue weighted by molar-refractivity contribution is 6.20. The Balaban J connectivity index is 1.69. The summed E-state index contributed by atoms with van der Waals surface area (Å²) < 4.78 is 5.58. The van der Waals surface area contributed by atoms with Crippen LogP contribution in [0.4, 0.5) is 0 Å². The second-order valence-corrected chi connectivity index (χ2v) is 4.95. The number of pyridine rings is 1. The van der Waals surface area contributed by atoms with Gasteiger partial charge in [-0.2, -0.15) is 0 Å². The third-order valence-corrected chi connectivity index (χ3v) is 3.36. The van der Waals surface area contributed by atoms with E-state index in [2.05, 4.69) is 4.98 Å². The van der Waals surface area contributed by atoms with Gasteiger partial charge in [0.2, 0.25) is 0 Å². The Morgan fingerprint density at radius 2 is 2.44 bits per heavy atom. The fraction of sp³-hybridized carbons (Fsp3) is 0.615. The van der Waals surface area contributed by atoms with E-state index in [1.54, 1.807) is 0 Å². The summed E-state index contributed by atoms with van der Waals surface area (Å²) in [6, 6.07) is 5.96. The topological polar surface area (TPSA) is 22.1 Å². The van der Waals surface area contributed by atoms with Gasteiger partial charge in [0.25, 0.3) is 0 Å². The first kappa shape index (κ1) is 11.9. The Labute approximate surface area is 102 Å². The number of rotatable bonds is 5. The van der Waals surface area contributed by atoms with Gasteiger partial charge in [-0.1, -0.05) is 6.07 Å². The fourth-order valence-electron chi connectivity index (χ4n) is 2.09. The largest absolute Gasteiger partial charge is 0.378 e. The minimum Gasteiger partial charge on any atom is -0.378 e. The normalized spacial score (nSPS) is 22.2. The van der Waals surface area contributed by atoms with Gasteiger partial charge >= 0.3 is 0 Å². The Hall–Kier alpha value is -0.600. The molecule has 0 spiro atoms. The number of ether oxygens (including phenoxy) is 1. The smallest absolute Gasteiger partial charge is 0.0576 e. The van der Waals surface area contributed by atoms with E-state index in [1.807, 2.05) is 24.4 Å². The first-order valence-corrected chi connectivity index (χ1v) is 6.44. The fourth-order valence-corrected chi connectivity index (χ4v) is 2.37. The highest BCUT2D eigenvalue weighted by Gasteiger charge is 2.17. The summed E-state index contributed by atoms with van der Waals surface area (Å²) in [5, 5.41) is 0.180. The Morgan fingerprint density at radius 3 is 3.12 bits per heavy atom. The van der Waals surface area contributed by atoms with Gasteiger partial charge < -0.3 is 4.74 Å². The van der Waals surface area contributed by atoms with Crippen LogP contribution in [-0.2, 0) is 11.2 Å². The molecule has 3 heteroatoms. The average molecular weight is 240 g/mol. The van der Waals surface area contributed by atoms with Gasteiger partial charge in [-0.25, -0.2) is 0 Å². The van der Waals surface area contributed by atoms with Crippen molar-refractivity contribution >= 4 is 11.6 Å². The lowest BCUT2D eigenvalue weighted by Gasteiger charge is -2.12.